The fraction of sp³-hybridized carbons (Fsp3) is 0.579. The number of nitrogens with zero attached hydrogens (tertiary/aromatic N) is 3. The van der Waals surface area contributed by atoms with Crippen LogP contribution in [0.15, 0.2) is 24.5 Å². The number of hydrogen-bond donors (Lipinski definition) is 1. The summed E-state index contributed by atoms with van der Waals surface area (Å²) in [5, 5.41) is 4.10. The number of carbonyl (C=O) groups excluding carboxylic acids is 1. The summed E-state index contributed by atoms with van der Waals surface area (Å²) in [7, 11) is 1.62. The lowest BCUT2D eigenvalue weighted by atomic mass is 10.0. The predicted molar refractivity (Wildman–Crippen MR) is 108 cm³/mol. The van der Waals surface area contributed by atoms with Crippen LogP contribution in [0.1, 0.15) is 37.2 Å². The molecule has 150 valence electrons. The quantitative estimate of drug-likeness (QED) is 0.726. The maximum absolute atomic E-state index is 12.9. The minimum atomic E-state index is -0.110. The summed E-state index contributed by atoms with van der Waals surface area (Å²) in [5.41, 5.74) is 1.28. The van der Waals surface area contributed by atoms with E-state index >= 15 is 0 Å². The number of rotatable bonds is 7. The van der Waals surface area contributed by atoms with Crippen LogP contribution in [0.25, 0.3) is 10.9 Å². The molecule has 1 N–H and O–H groups in total. The maximum atomic E-state index is 12.9. The summed E-state index contributed by atoms with van der Waals surface area (Å²) >= 11 is 0. The number of methoxy groups -OCH3 is 1. The van der Waals surface area contributed by atoms with E-state index in [1.165, 1.54) is 0 Å². The molecular formula is C19H29ClN4O3. The van der Waals surface area contributed by atoms with Crippen molar-refractivity contribution in [1.29, 1.82) is 0 Å². The summed E-state index contributed by atoms with van der Waals surface area (Å²) in [5.74, 6) is -0.110. The zero-order valence-corrected chi connectivity index (χ0v) is 17.0. The van der Waals surface area contributed by atoms with Crippen molar-refractivity contribution in [3.63, 3.8) is 0 Å². The van der Waals surface area contributed by atoms with E-state index < -0.39 is 0 Å². The van der Waals surface area contributed by atoms with Gasteiger partial charge in [0.15, 0.2) is 0 Å². The molecule has 1 saturated heterocycles. The van der Waals surface area contributed by atoms with Gasteiger partial charge in [-0.2, -0.15) is 4.73 Å². The molecule has 0 aliphatic carbocycles. The molecule has 0 aromatic carbocycles. The molecule has 2 aromatic heterocycles. The molecule has 1 aliphatic heterocycles. The fourth-order valence-electron chi connectivity index (χ4n) is 3.35. The van der Waals surface area contributed by atoms with Gasteiger partial charge < -0.3 is 19.8 Å². The van der Waals surface area contributed by atoms with Gasteiger partial charge in [0.1, 0.15) is 17.8 Å². The van der Waals surface area contributed by atoms with E-state index in [4.69, 9.17) is 9.57 Å². The molecule has 3 rings (SSSR count). The summed E-state index contributed by atoms with van der Waals surface area (Å²) in [6, 6.07) is 4.48. The first-order chi connectivity index (χ1) is 12.6. The first kappa shape index (κ1) is 21.5. The normalized spacial score (nSPS) is 15.7. The van der Waals surface area contributed by atoms with E-state index in [2.05, 4.69) is 29.0 Å². The van der Waals surface area contributed by atoms with Crippen LogP contribution in [-0.2, 0) is 4.74 Å². The largest absolute Gasteiger partial charge is 0.411 e. The number of ether oxygens (including phenoxy) is 1. The molecule has 0 radical (unpaired) electrons. The molecule has 1 amide bonds. The number of fused-ring (bicyclic) bond motifs is 1. The van der Waals surface area contributed by atoms with Crippen LogP contribution in [0, 0.1) is 0 Å². The zero-order valence-electron chi connectivity index (χ0n) is 16.2. The monoisotopic (exact) mass is 396 g/mol. The maximum Gasteiger partial charge on any atom is 0.271 e. The van der Waals surface area contributed by atoms with Crippen molar-refractivity contribution in [3.8, 4) is 0 Å². The Hall–Kier alpha value is -1.83. The molecule has 1 fully saturated rings. The molecule has 8 heteroatoms. The first-order valence-corrected chi connectivity index (χ1v) is 9.22. The Labute approximate surface area is 166 Å². The van der Waals surface area contributed by atoms with Crippen molar-refractivity contribution in [2.45, 2.75) is 38.8 Å². The molecule has 1 aliphatic rings. The summed E-state index contributed by atoms with van der Waals surface area (Å²) in [6.07, 6.45) is 5.36. The van der Waals surface area contributed by atoms with E-state index in [9.17, 15) is 4.79 Å². The Kier molecular flexibility index (Phi) is 7.89. The Morgan fingerprint density at radius 1 is 1.33 bits per heavy atom. The van der Waals surface area contributed by atoms with E-state index in [0.717, 1.165) is 36.8 Å². The highest BCUT2D eigenvalue weighted by molar-refractivity contribution is 5.98. The number of nitrogens with one attached hydrogen (secondary N) is 1. The summed E-state index contributed by atoms with van der Waals surface area (Å²) in [6.45, 7) is 7.27. The van der Waals surface area contributed by atoms with Gasteiger partial charge in [0, 0.05) is 43.9 Å². The second-order valence-electron chi connectivity index (χ2n) is 6.96. The van der Waals surface area contributed by atoms with Crippen LogP contribution in [0.3, 0.4) is 0 Å². The van der Waals surface area contributed by atoms with Gasteiger partial charge >= 0.3 is 0 Å². The number of piperidine rings is 1. The Morgan fingerprint density at radius 2 is 2.07 bits per heavy atom. The number of pyridine rings is 1. The van der Waals surface area contributed by atoms with Crippen LogP contribution >= 0.6 is 12.4 Å². The Balaban J connectivity index is 0.00000261. The van der Waals surface area contributed by atoms with Gasteiger partial charge in [-0.15, -0.1) is 12.4 Å². The smallest absolute Gasteiger partial charge is 0.271 e. The number of likely N-dealkylation sites (tertiary alicyclic amines) is 1. The molecule has 0 saturated carbocycles. The number of amides is 1. The molecule has 27 heavy (non-hydrogen) atoms. The van der Waals surface area contributed by atoms with Crippen molar-refractivity contribution < 1.29 is 14.4 Å². The number of carbonyl (C=O) groups is 1. The Morgan fingerprint density at radius 3 is 2.74 bits per heavy atom. The molecule has 0 atom stereocenters. The highest BCUT2D eigenvalue weighted by Crippen LogP contribution is 2.19. The second-order valence-corrected chi connectivity index (χ2v) is 6.96. The van der Waals surface area contributed by atoms with Crippen molar-refractivity contribution in [1.82, 2.24) is 19.9 Å². The van der Waals surface area contributed by atoms with Gasteiger partial charge in [0.2, 0.25) is 0 Å². The second kappa shape index (κ2) is 9.92. The van der Waals surface area contributed by atoms with Gasteiger partial charge in [0.25, 0.3) is 5.91 Å². The summed E-state index contributed by atoms with van der Waals surface area (Å²) in [4.78, 5) is 25.2. The van der Waals surface area contributed by atoms with E-state index in [1.807, 2.05) is 12.1 Å². The number of aromatic nitrogens is 2. The average molecular weight is 397 g/mol. The van der Waals surface area contributed by atoms with Crippen molar-refractivity contribution in [2.75, 3.05) is 33.4 Å². The number of halogens is 1. The van der Waals surface area contributed by atoms with E-state index in [0.29, 0.717) is 24.9 Å². The van der Waals surface area contributed by atoms with Crippen LogP contribution in [0.2, 0.25) is 0 Å². The van der Waals surface area contributed by atoms with Gasteiger partial charge in [0.05, 0.1) is 12.8 Å². The Bertz CT molecular complexity index is 742. The lowest BCUT2D eigenvalue weighted by molar-refractivity contribution is 0.0561. The fourth-order valence-corrected chi connectivity index (χ4v) is 3.35. The minimum Gasteiger partial charge on any atom is -0.411 e. The van der Waals surface area contributed by atoms with Crippen molar-refractivity contribution in [2.24, 2.45) is 0 Å². The SMILES string of the molecule is COCCOn1c(C(=O)NC2CCN(C(C)C)CC2)cc2ccncc21.Cl. The van der Waals surface area contributed by atoms with Gasteiger partial charge in [-0.05, 0) is 38.8 Å². The topological polar surface area (TPSA) is 68.6 Å². The molecule has 7 nitrogen and oxygen atoms in total. The molecule has 0 bridgehead atoms. The molecule has 2 aromatic rings. The zero-order chi connectivity index (χ0) is 18.5. The summed E-state index contributed by atoms with van der Waals surface area (Å²) < 4.78 is 6.61. The van der Waals surface area contributed by atoms with Gasteiger partial charge in [-0.3, -0.25) is 9.78 Å². The lowest BCUT2D eigenvalue weighted by Gasteiger charge is -2.34. The van der Waals surface area contributed by atoms with Gasteiger partial charge in [-0.25, -0.2) is 0 Å². The van der Waals surface area contributed by atoms with E-state index in [-0.39, 0.29) is 24.4 Å². The van der Waals surface area contributed by atoms with Crippen LogP contribution in [0.4, 0.5) is 0 Å². The number of hydrogen-bond acceptors (Lipinski definition) is 5. The third-order valence-electron chi connectivity index (χ3n) is 4.90. The molecule has 3 heterocycles. The molecule has 0 unspecified atom stereocenters. The van der Waals surface area contributed by atoms with Gasteiger partial charge in [-0.1, -0.05) is 0 Å². The average Bonchev–Trinajstić information content (AvgIpc) is 3.01. The first-order valence-electron chi connectivity index (χ1n) is 9.22. The third-order valence-corrected chi connectivity index (χ3v) is 4.90. The highest BCUT2D eigenvalue weighted by Gasteiger charge is 2.24. The van der Waals surface area contributed by atoms with Crippen molar-refractivity contribution >= 4 is 29.2 Å². The third kappa shape index (κ3) is 5.12. The molecular weight excluding hydrogens is 368 g/mol. The van der Waals surface area contributed by atoms with Crippen LogP contribution < -0.4 is 10.2 Å². The van der Waals surface area contributed by atoms with Crippen LogP contribution in [-0.4, -0.2) is 66.0 Å². The standard InChI is InChI=1S/C19H28N4O3.ClH/c1-14(2)22-8-5-16(6-9-22)21-19(24)17-12-15-4-7-20-13-18(15)23(17)26-11-10-25-3;/h4,7,12-14,16H,5-6,8-11H2,1-3H3,(H,21,24);1H. The lowest BCUT2D eigenvalue weighted by Crippen LogP contribution is -2.47. The van der Waals surface area contributed by atoms with E-state index in [1.54, 1.807) is 24.2 Å². The predicted octanol–water partition coefficient (Wildman–Crippen LogP) is 2.14. The highest BCUT2D eigenvalue weighted by atomic mass is 35.5. The van der Waals surface area contributed by atoms with Crippen LogP contribution in [0.5, 0.6) is 0 Å². The molecule has 0 spiro atoms. The minimum absolute atomic E-state index is 0. The van der Waals surface area contributed by atoms with Crippen molar-refractivity contribution in [3.05, 3.63) is 30.2 Å².